The third-order valence-electron chi connectivity index (χ3n) is 6.20. The summed E-state index contributed by atoms with van der Waals surface area (Å²) in [6.07, 6.45) is 0. The summed E-state index contributed by atoms with van der Waals surface area (Å²) in [4.78, 5) is 5.15. The number of rotatable bonds is 4. The molecule has 0 aliphatic rings. The van der Waals surface area contributed by atoms with Crippen molar-refractivity contribution in [1.29, 1.82) is 0 Å². The maximum absolute atomic E-state index is 5.15. The van der Waals surface area contributed by atoms with Crippen molar-refractivity contribution in [3.8, 4) is 33.5 Å². The summed E-state index contributed by atoms with van der Waals surface area (Å²) in [5.74, 6) is 0. The Kier molecular flexibility index (Phi) is 5.47. The Morgan fingerprint density at radius 1 is 0.576 bits per heavy atom. The molecule has 33 heavy (non-hydrogen) atoms. The Balaban J connectivity index is 1.67. The summed E-state index contributed by atoms with van der Waals surface area (Å²) in [6, 6.07) is 37.1. The molecule has 0 spiro atoms. The van der Waals surface area contributed by atoms with Crippen LogP contribution in [0.5, 0.6) is 0 Å². The molecule has 0 amide bonds. The fourth-order valence-electron chi connectivity index (χ4n) is 4.54. The molecule has 0 fully saturated rings. The molecule has 0 aliphatic heterocycles. The minimum atomic E-state index is -1.54. The van der Waals surface area contributed by atoms with Crippen LogP contribution in [-0.4, -0.2) is 13.1 Å². The van der Waals surface area contributed by atoms with E-state index in [0.29, 0.717) is 0 Å². The Bertz CT molecular complexity index is 1430. The lowest BCUT2D eigenvalue weighted by molar-refractivity contribution is 1.38. The van der Waals surface area contributed by atoms with E-state index in [1.165, 1.54) is 38.4 Å². The van der Waals surface area contributed by atoms with E-state index in [-0.39, 0.29) is 0 Å². The van der Waals surface area contributed by atoms with Crippen LogP contribution in [0.4, 0.5) is 0 Å². The van der Waals surface area contributed by atoms with Crippen LogP contribution in [0.2, 0.25) is 19.6 Å². The molecule has 0 saturated heterocycles. The van der Waals surface area contributed by atoms with Gasteiger partial charge in [0.1, 0.15) is 0 Å². The van der Waals surface area contributed by atoms with Crippen molar-refractivity contribution in [2.24, 2.45) is 0 Å². The Labute approximate surface area is 197 Å². The molecule has 0 atom stereocenters. The maximum Gasteiger partial charge on any atom is 0.0784 e. The summed E-state index contributed by atoms with van der Waals surface area (Å²) < 4.78 is 0. The van der Waals surface area contributed by atoms with E-state index in [2.05, 4.69) is 130 Å². The van der Waals surface area contributed by atoms with Crippen LogP contribution in [0.3, 0.4) is 0 Å². The van der Waals surface area contributed by atoms with Crippen LogP contribution >= 0.6 is 0 Å². The SMILES string of the molecule is Cc1cc(-c2ccccc2)cc(-c2ccc3cc([Si](C)(C)C)c(-c4ccccc4)cc3n2)c1. The topological polar surface area (TPSA) is 12.9 Å². The first-order valence-electron chi connectivity index (χ1n) is 11.6. The normalized spacial score (nSPS) is 11.6. The van der Waals surface area contributed by atoms with Crippen molar-refractivity contribution in [2.75, 3.05) is 0 Å². The molecule has 1 aromatic heterocycles. The molecule has 162 valence electrons. The van der Waals surface area contributed by atoms with Gasteiger partial charge in [0.15, 0.2) is 0 Å². The van der Waals surface area contributed by atoms with E-state index in [1.54, 1.807) is 0 Å². The first-order chi connectivity index (χ1) is 15.9. The standard InChI is InChI=1S/C31H29NSi/c1-22-17-26(23-11-7-5-8-12-23)19-27(18-22)29-16-15-25-20-31(33(2,3)4)28(21-30(25)32-29)24-13-9-6-10-14-24/h5-21H,1-4H3. The van der Waals surface area contributed by atoms with Gasteiger partial charge in [-0.1, -0.05) is 104 Å². The zero-order valence-corrected chi connectivity index (χ0v) is 20.8. The van der Waals surface area contributed by atoms with Crippen molar-refractivity contribution < 1.29 is 0 Å². The molecule has 0 N–H and O–H groups in total. The molecular weight excluding hydrogens is 414 g/mol. The van der Waals surface area contributed by atoms with Crippen LogP contribution in [0.25, 0.3) is 44.4 Å². The van der Waals surface area contributed by atoms with E-state index in [0.717, 1.165) is 16.8 Å². The number of aromatic nitrogens is 1. The summed E-state index contributed by atoms with van der Waals surface area (Å²) in [7, 11) is -1.54. The van der Waals surface area contributed by atoms with Crippen molar-refractivity contribution in [1.82, 2.24) is 4.98 Å². The van der Waals surface area contributed by atoms with Crippen molar-refractivity contribution >= 4 is 24.2 Å². The van der Waals surface area contributed by atoms with Gasteiger partial charge in [-0.2, -0.15) is 0 Å². The molecule has 5 rings (SSSR count). The third-order valence-corrected chi connectivity index (χ3v) is 8.23. The highest BCUT2D eigenvalue weighted by Crippen LogP contribution is 2.30. The van der Waals surface area contributed by atoms with E-state index in [4.69, 9.17) is 4.98 Å². The number of nitrogens with zero attached hydrogens (tertiary/aromatic N) is 1. The fourth-order valence-corrected chi connectivity index (χ4v) is 6.15. The van der Waals surface area contributed by atoms with Crippen molar-refractivity contribution in [3.05, 3.63) is 109 Å². The predicted octanol–water partition coefficient (Wildman–Crippen LogP) is 8.09. The van der Waals surface area contributed by atoms with E-state index in [1.807, 2.05) is 0 Å². The first kappa shape index (κ1) is 21.4. The maximum atomic E-state index is 5.15. The summed E-state index contributed by atoms with van der Waals surface area (Å²) in [5, 5.41) is 2.70. The van der Waals surface area contributed by atoms with Crippen molar-refractivity contribution in [3.63, 3.8) is 0 Å². The average molecular weight is 444 g/mol. The minimum absolute atomic E-state index is 1.02. The van der Waals surface area contributed by atoms with Crippen LogP contribution in [-0.2, 0) is 0 Å². The highest BCUT2D eigenvalue weighted by molar-refractivity contribution is 6.89. The predicted molar refractivity (Wildman–Crippen MR) is 146 cm³/mol. The lowest BCUT2D eigenvalue weighted by atomic mass is 9.98. The lowest BCUT2D eigenvalue weighted by Gasteiger charge is -2.22. The number of pyridine rings is 1. The second-order valence-electron chi connectivity index (χ2n) is 9.86. The molecule has 0 aliphatic carbocycles. The van der Waals surface area contributed by atoms with E-state index >= 15 is 0 Å². The van der Waals surface area contributed by atoms with Gasteiger partial charge in [0, 0.05) is 10.9 Å². The highest BCUT2D eigenvalue weighted by atomic mass is 28.3. The molecule has 2 heteroatoms. The molecule has 4 aromatic carbocycles. The van der Waals surface area contributed by atoms with Gasteiger partial charge in [0.2, 0.25) is 0 Å². The Hall–Kier alpha value is -3.49. The van der Waals surface area contributed by atoms with Crippen LogP contribution in [0.15, 0.2) is 103 Å². The molecule has 5 aromatic rings. The van der Waals surface area contributed by atoms with Gasteiger partial charge in [0.25, 0.3) is 0 Å². The quantitative estimate of drug-likeness (QED) is 0.256. The Morgan fingerprint density at radius 2 is 1.21 bits per heavy atom. The van der Waals surface area contributed by atoms with Crippen LogP contribution < -0.4 is 5.19 Å². The largest absolute Gasteiger partial charge is 0.248 e. The molecular formula is C31H29NSi. The average Bonchev–Trinajstić information content (AvgIpc) is 2.83. The lowest BCUT2D eigenvalue weighted by Crippen LogP contribution is -2.39. The summed E-state index contributed by atoms with van der Waals surface area (Å²) >= 11 is 0. The molecule has 0 unspecified atom stereocenters. The summed E-state index contributed by atoms with van der Waals surface area (Å²) in [6.45, 7) is 9.41. The van der Waals surface area contributed by atoms with Gasteiger partial charge in [-0.15, -0.1) is 0 Å². The minimum Gasteiger partial charge on any atom is -0.248 e. The van der Waals surface area contributed by atoms with Gasteiger partial charge < -0.3 is 0 Å². The Morgan fingerprint density at radius 3 is 1.88 bits per heavy atom. The monoisotopic (exact) mass is 443 g/mol. The van der Waals surface area contributed by atoms with Gasteiger partial charge in [-0.05, 0) is 59.0 Å². The number of fused-ring (bicyclic) bond motifs is 1. The number of benzene rings is 4. The zero-order valence-electron chi connectivity index (χ0n) is 19.8. The van der Waals surface area contributed by atoms with Crippen LogP contribution in [0, 0.1) is 6.92 Å². The fraction of sp³-hybridized carbons (Fsp3) is 0.129. The smallest absolute Gasteiger partial charge is 0.0784 e. The van der Waals surface area contributed by atoms with E-state index < -0.39 is 8.07 Å². The molecule has 0 saturated carbocycles. The van der Waals surface area contributed by atoms with Gasteiger partial charge in [-0.25, -0.2) is 4.98 Å². The molecule has 0 bridgehead atoms. The molecule has 1 nitrogen and oxygen atoms in total. The highest BCUT2D eigenvalue weighted by Gasteiger charge is 2.22. The number of hydrogen-bond donors (Lipinski definition) is 0. The molecule has 1 heterocycles. The van der Waals surface area contributed by atoms with Crippen LogP contribution in [0.1, 0.15) is 5.56 Å². The number of hydrogen-bond acceptors (Lipinski definition) is 1. The van der Waals surface area contributed by atoms with Gasteiger partial charge in [0.05, 0.1) is 19.3 Å². The second-order valence-corrected chi connectivity index (χ2v) is 14.9. The second kappa shape index (κ2) is 8.46. The van der Waals surface area contributed by atoms with Crippen molar-refractivity contribution in [2.45, 2.75) is 26.6 Å². The molecule has 0 radical (unpaired) electrons. The number of aryl methyl sites for hydroxylation is 1. The van der Waals surface area contributed by atoms with Gasteiger partial charge >= 0.3 is 0 Å². The zero-order chi connectivity index (χ0) is 23.0. The first-order valence-corrected chi connectivity index (χ1v) is 15.1. The summed E-state index contributed by atoms with van der Waals surface area (Å²) in [5.41, 5.74) is 9.52. The van der Waals surface area contributed by atoms with Gasteiger partial charge in [-0.3, -0.25) is 0 Å². The third kappa shape index (κ3) is 4.40. The van der Waals surface area contributed by atoms with E-state index in [9.17, 15) is 0 Å².